The van der Waals surface area contributed by atoms with Gasteiger partial charge in [-0.1, -0.05) is 24.3 Å². The van der Waals surface area contributed by atoms with Gasteiger partial charge in [0.25, 0.3) is 0 Å². The van der Waals surface area contributed by atoms with E-state index in [-0.39, 0.29) is 9.79 Å². The minimum absolute atomic E-state index is 0.0480. The van der Waals surface area contributed by atoms with E-state index in [1.807, 2.05) is 12.1 Å². The van der Waals surface area contributed by atoms with Crippen molar-refractivity contribution in [3.8, 4) is 5.75 Å². The maximum atomic E-state index is 12.7. The minimum Gasteiger partial charge on any atom is -0.489 e. The molecule has 0 amide bonds. The molecule has 1 heterocycles. The molecule has 30 heavy (non-hydrogen) atoms. The van der Waals surface area contributed by atoms with Crippen LogP contribution in [0.3, 0.4) is 0 Å². The Hall–Kier alpha value is -2.75. The number of nitrogens with zero attached hydrogens (tertiary/aromatic N) is 1. The molecular weight excluding hydrogens is 424 g/mol. The second-order valence-electron chi connectivity index (χ2n) is 6.81. The molecule has 0 spiro atoms. The highest BCUT2D eigenvalue weighted by molar-refractivity contribution is 7.91. The van der Waals surface area contributed by atoms with Gasteiger partial charge in [-0.25, -0.2) is 21.6 Å². The summed E-state index contributed by atoms with van der Waals surface area (Å²) in [5.74, 6) is 0.651. The molecule has 1 aromatic heterocycles. The molecule has 9 heteroatoms. The third-order valence-corrected chi connectivity index (χ3v) is 7.03. The molecule has 0 aliphatic rings. The lowest BCUT2D eigenvalue weighted by Gasteiger charge is -2.16. The smallest absolute Gasteiger partial charge is 0.241 e. The van der Waals surface area contributed by atoms with Crippen molar-refractivity contribution in [1.29, 1.82) is 0 Å². The van der Waals surface area contributed by atoms with Gasteiger partial charge in [0.05, 0.1) is 9.79 Å². The molecule has 0 saturated carbocycles. The number of sulfonamides is 1. The van der Waals surface area contributed by atoms with Crippen molar-refractivity contribution >= 4 is 19.9 Å². The molecule has 0 saturated heterocycles. The topological polar surface area (TPSA) is 102 Å². The van der Waals surface area contributed by atoms with Gasteiger partial charge in [-0.2, -0.15) is 0 Å². The van der Waals surface area contributed by atoms with Crippen LogP contribution >= 0.6 is 0 Å². The minimum atomic E-state index is -3.90. The van der Waals surface area contributed by atoms with E-state index in [9.17, 15) is 16.8 Å². The highest BCUT2D eigenvalue weighted by Gasteiger charge is 2.20. The normalized spacial score (nSPS) is 13.0. The van der Waals surface area contributed by atoms with Crippen LogP contribution in [0.25, 0.3) is 0 Å². The van der Waals surface area contributed by atoms with Gasteiger partial charge < -0.3 is 4.74 Å². The van der Waals surface area contributed by atoms with Crippen molar-refractivity contribution in [2.75, 3.05) is 6.26 Å². The summed E-state index contributed by atoms with van der Waals surface area (Å²) in [5, 5.41) is 0. The molecular formula is C21H22N2O5S2. The maximum absolute atomic E-state index is 12.7. The second-order valence-corrected chi connectivity index (χ2v) is 10.5. The Morgan fingerprint density at radius 1 is 0.967 bits per heavy atom. The lowest BCUT2D eigenvalue weighted by molar-refractivity contribution is 0.305. The first kappa shape index (κ1) is 21.9. The monoisotopic (exact) mass is 446 g/mol. The fourth-order valence-electron chi connectivity index (χ4n) is 2.74. The van der Waals surface area contributed by atoms with E-state index in [0.717, 1.165) is 23.4 Å². The standard InChI is InChI=1S/C21H22N2O5S2/c1-16(23-30(26,27)21-7-3-6-20(13-21)29(2,24)25)18-8-10-19(11-9-18)28-15-17-5-4-12-22-14-17/h3-14,16,23H,15H2,1-2H3. The summed E-state index contributed by atoms with van der Waals surface area (Å²) in [6.45, 7) is 2.09. The number of benzene rings is 2. The van der Waals surface area contributed by atoms with Crippen molar-refractivity contribution in [1.82, 2.24) is 9.71 Å². The number of aromatic nitrogens is 1. The summed E-state index contributed by atoms with van der Waals surface area (Å²) in [6.07, 6.45) is 4.45. The largest absolute Gasteiger partial charge is 0.489 e. The quantitative estimate of drug-likeness (QED) is 0.570. The molecule has 3 rings (SSSR count). The number of rotatable bonds is 8. The third-order valence-electron chi connectivity index (χ3n) is 4.38. The summed E-state index contributed by atoms with van der Waals surface area (Å²) < 4.78 is 57.1. The van der Waals surface area contributed by atoms with Crippen LogP contribution in [0, 0.1) is 0 Å². The summed E-state index contributed by atoms with van der Waals surface area (Å²) in [5.41, 5.74) is 1.69. The molecule has 1 N–H and O–H groups in total. The molecule has 0 fully saturated rings. The lowest BCUT2D eigenvalue weighted by Crippen LogP contribution is -2.27. The molecule has 7 nitrogen and oxygen atoms in total. The van der Waals surface area contributed by atoms with Crippen LogP contribution in [0.5, 0.6) is 5.75 Å². The maximum Gasteiger partial charge on any atom is 0.241 e. The number of pyridine rings is 1. The molecule has 158 valence electrons. The summed E-state index contributed by atoms with van der Waals surface area (Å²) in [4.78, 5) is 3.88. The zero-order valence-corrected chi connectivity index (χ0v) is 18.2. The van der Waals surface area contributed by atoms with Crippen molar-refractivity contribution in [2.45, 2.75) is 29.4 Å². The summed E-state index contributed by atoms with van der Waals surface area (Å²) in [7, 11) is -7.41. The van der Waals surface area contributed by atoms with E-state index in [2.05, 4.69) is 9.71 Å². The van der Waals surface area contributed by atoms with Crippen LogP contribution in [0.15, 0.2) is 82.8 Å². The SMILES string of the molecule is CC(NS(=O)(=O)c1cccc(S(C)(=O)=O)c1)c1ccc(OCc2cccnc2)cc1. The zero-order chi connectivity index (χ0) is 21.8. The summed E-state index contributed by atoms with van der Waals surface area (Å²) >= 11 is 0. The summed E-state index contributed by atoms with van der Waals surface area (Å²) in [6, 6.07) is 15.6. The molecule has 0 radical (unpaired) electrons. The van der Waals surface area contributed by atoms with Gasteiger partial charge in [0.2, 0.25) is 10.0 Å². The Bertz CT molecular complexity index is 1210. The van der Waals surface area contributed by atoms with Gasteiger partial charge in [0, 0.05) is 30.3 Å². The van der Waals surface area contributed by atoms with Crippen LogP contribution in [0.2, 0.25) is 0 Å². The van der Waals surface area contributed by atoms with Crippen LogP contribution in [-0.2, 0) is 26.5 Å². The van der Waals surface area contributed by atoms with Crippen LogP contribution < -0.4 is 9.46 Å². The van der Waals surface area contributed by atoms with E-state index in [4.69, 9.17) is 4.74 Å². The van der Waals surface area contributed by atoms with E-state index in [1.165, 1.54) is 18.2 Å². The number of hydrogen-bond donors (Lipinski definition) is 1. The van der Waals surface area contributed by atoms with Crippen molar-refractivity contribution in [2.24, 2.45) is 0 Å². The van der Waals surface area contributed by atoms with E-state index < -0.39 is 25.9 Å². The van der Waals surface area contributed by atoms with Crippen molar-refractivity contribution < 1.29 is 21.6 Å². The third kappa shape index (κ3) is 5.65. The number of hydrogen-bond acceptors (Lipinski definition) is 6. The van der Waals surface area contributed by atoms with Gasteiger partial charge in [0.15, 0.2) is 9.84 Å². The molecule has 1 atom stereocenters. The zero-order valence-electron chi connectivity index (χ0n) is 16.5. The Morgan fingerprint density at radius 2 is 1.67 bits per heavy atom. The van der Waals surface area contributed by atoms with E-state index in [1.54, 1.807) is 43.6 Å². The van der Waals surface area contributed by atoms with E-state index >= 15 is 0 Å². The predicted molar refractivity (Wildman–Crippen MR) is 113 cm³/mol. The lowest BCUT2D eigenvalue weighted by atomic mass is 10.1. The highest BCUT2D eigenvalue weighted by Crippen LogP contribution is 2.22. The van der Waals surface area contributed by atoms with Gasteiger partial charge in [-0.05, 0) is 48.9 Å². The fraction of sp³-hybridized carbons (Fsp3) is 0.190. The highest BCUT2D eigenvalue weighted by atomic mass is 32.2. The Morgan fingerprint density at radius 3 is 2.30 bits per heavy atom. The molecule has 1 unspecified atom stereocenters. The van der Waals surface area contributed by atoms with Gasteiger partial charge >= 0.3 is 0 Å². The predicted octanol–water partition coefficient (Wildman–Crippen LogP) is 3.10. The average Bonchev–Trinajstić information content (AvgIpc) is 2.72. The number of sulfone groups is 1. The van der Waals surface area contributed by atoms with Gasteiger partial charge in [-0.15, -0.1) is 0 Å². The van der Waals surface area contributed by atoms with Crippen LogP contribution in [0.1, 0.15) is 24.1 Å². The van der Waals surface area contributed by atoms with Crippen molar-refractivity contribution in [3.63, 3.8) is 0 Å². The number of nitrogens with one attached hydrogen (secondary N) is 1. The first-order valence-electron chi connectivity index (χ1n) is 9.09. The molecule has 0 aliphatic heterocycles. The van der Waals surface area contributed by atoms with Crippen LogP contribution in [0.4, 0.5) is 0 Å². The Kier molecular flexibility index (Phi) is 6.55. The van der Waals surface area contributed by atoms with Crippen LogP contribution in [-0.4, -0.2) is 28.1 Å². The van der Waals surface area contributed by atoms with E-state index in [0.29, 0.717) is 12.4 Å². The molecule has 0 aliphatic carbocycles. The molecule has 2 aromatic carbocycles. The molecule has 3 aromatic rings. The van der Waals surface area contributed by atoms with Gasteiger partial charge in [0.1, 0.15) is 12.4 Å². The fourth-order valence-corrected chi connectivity index (χ4v) is 4.76. The second kappa shape index (κ2) is 8.95. The van der Waals surface area contributed by atoms with Crippen molar-refractivity contribution in [3.05, 3.63) is 84.2 Å². The Labute approximate surface area is 176 Å². The average molecular weight is 447 g/mol. The Balaban J connectivity index is 1.68. The molecule has 0 bridgehead atoms. The first-order chi connectivity index (χ1) is 14.1. The number of ether oxygens (including phenoxy) is 1. The first-order valence-corrected chi connectivity index (χ1v) is 12.5. The van der Waals surface area contributed by atoms with Gasteiger partial charge in [-0.3, -0.25) is 4.98 Å².